The fraction of sp³-hybridized carbons (Fsp3) is 0.667. The number of benzene rings is 1. The summed E-state index contributed by atoms with van der Waals surface area (Å²) in [6.45, 7) is 5.17. The highest BCUT2D eigenvalue weighted by atomic mass is 16.5. The lowest BCUT2D eigenvalue weighted by atomic mass is 9.95. The van der Waals surface area contributed by atoms with E-state index in [0.717, 1.165) is 26.1 Å². The van der Waals surface area contributed by atoms with Crippen molar-refractivity contribution >= 4 is 0 Å². The predicted octanol–water partition coefficient (Wildman–Crippen LogP) is 3.01. The van der Waals surface area contributed by atoms with Gasteiger partial charge in [-0.3, -0.25) is 0 Å². The van der Waals surface area contributed by atoms with E-state index < -0.39 is 0 Å². The normalized spacial score (nSPS) is 22.1. The average Bonchev–Trinajstić information content (AvgIpc) is 2.68. The van der Waals surface area contributed by atoms with Crippen molar-refractivity contribution in [3.8, 4) is 0 Å². The quantitative estimate of drug-likeness (QED) is 0.617. The summed E-state index contributed by atoms with van der Waals surface area (Å²) in [5, 5.41) is 3.73. The Labute approximate surface area is 129 Å². The van der Waals surface area contributed by atoms with Crippen molar-refractivity contribution in [2.45, 2.75) is 44.7 Å². The van der Waals surface area contributed by atoms with E-state index in [1.807, 2.05) is 0 Å². The molecule has 0 spiro atoms. The molecule has 21 heavy (non-hydrogen) atoms. The van der Waals surface area contributed by atoms with Gasteiger partial charge in [0.2, 0.25) is 0 Å². The van der Waals surface area contributed by atoms with Crippen LogP contribution in [0, 0.1) is 0 Å². The molecule has 0 heterocycles. The summed E-state index contributed by atoms with van der Waals surface area (Å²) < 4.78 is 5.19. The Morgan fingerprint density at radius 2 is 2.14 bits per heavy atom. The summed E-state index contributed by atoms with van der Waals surface area (Å²) >= 11 is 0. The molecule has 3 heteroatoms. The molecule has 0 amide bonds. The number of hydrogen-bond acceptors (Lipinski definition) is 3. The minimum atomic E-state index is 0.446. The Kier molecular flexibility index (Phi) is 6.68. The average molecular weight is 290 g/mol. The smallest absolute Gasteiger partial charge is 0.0480 e. The molecule has 0 aromatic heterocycles. The number of nitrogens with one attached hydrogen (secondary N) is 1. The number of aryl methyl sites for hydroxylation is 1. The third-order valence-electron chi connectivity index (χ3n) is 4.57. The highest BCUT2D eigenvalue weighted by molar-refractivity contribution is 5.32. The molecule has 2 unspecified atom stereocenters. The van der Waals surface area contributed by atoms with Crippen LogP contribution in [0.1, 0.15) is 43.4 Å². The predicted molar refractivity (Wildman–Crippen MR) is 88.7 cm³/mol. The first-order chi connectivity index (χ1) is 10.3. The van der Waals surface area contributed by atoms with Crippen LogP contribution in [0.3, 0.4) is 0 Å². The van der Waals surface area contributed by atoms with Crippen LogP contribution in [0.15, 0.2) is 24.3 Å². The number of ether oxygens (including phenoxy) is 1. The summed E-state index contributed by atoms with van der Waals surface area (Å²) in [6, 6.07) is 9.98. The van der Waals surface area contributed by atoms with Crippen LogP contribution >= 0.6 is 0 Å². The molecule has 2 rings (SSSR count). The van der Waals surface area contributed by atoms with Crippen LogP contribution in [0.25, 0.3) is 0 Å². The molecule has 0 saturated heterocycles. The number of likely N-dealkylation sites (N-methyl/N-ethyl adjacent to an activating group) is 2. The molecule has 118 valence electrons. The van der Waals surface area contributed by atoms with Gasteiger partial charge in [0, 0.05) is 32.3 Å². The second kappa shape index (κ2) is 8.52. The Morgan fingerprint density at radius 1 is 1.33 bits per heavy atom. The van der Waals surface area contributed by atoms with Crippen molar-refractivity contribution in [2.24, 2.45) is 0 Å². The van der Waals surface area contributed by atoms with Gasteiger partial charge in [0.25, 0.3) is 0 Å². The molecular formula is C18H30N2O. The molecule has 1 aromatic carbocycles. The van der Waals surface area contributed by atoms with Crippen molar-refractivity contribution in [3.05, 3.63) is 35.4 Å². The van der Waals surface area contributed by atoms with Crippen LogP contribution in [-0.2, 0) is 11.2 Å². The van der Waals surface area contributed by atoms with E-state index >= 15 is 0 Å². The van der Waals surface area contributed by atoms with Gasteiger partial charge in [0.15, 0.2) is 0 Å². The van der Waals surface area contributed by atoms with Crippen LogP contribution in [-0.4, -0.2) is 44.8 Å². The fourth-order valence-electron chi connectivity index (χ4n) is 3.51. The molecule has 1 aliphatic carbocycles. The number of fused-ring (bicyclic) bond motifs is 1. The lowest BCUT2D eigenvalue weighted by Crippen LogP contribution is -2.43. The number of hydrogen-bond donors (Lipinski definition) is 1. The van der Waals surface area contributed by atoms with Gasteiger partial charge in [-0.1, -0.05) is 31.2 Å². The third-order valence-corrected chi connectivity index (χ3v) is 4.57. The highest BCUT2D eigenvalue weighted by Crippen LogP contribution is 2.31. The van der Waals surface area contributed by atoms with Crippen molar-refractivity contribution in [1.82, 2.24) is 10.2 Å². The van der Waals surface area contributed by atoms with Gasteiger partial charge in [-0.05, 0) is 50.4 Å². The molecule has 1 aromatic rings. The van der Waals surface area contributed by atoms with E-state index in [0.29, 0.717) is 12.1 Å². The SMILES string of the molecule is CCNC1c2ccccc2CCCC1N(C)CCCOC. The number of methoxy groups -OCH3 is 1. The lowest BCUT2D eigenvalue weighted by Gasteiger charge is -2.35. The summed E-state index contributed by atoms with van der Waals surface area (Å²) in [5.41, 5.74) is 3.02. The van der Waals surface area contributed by atoms with Crippen molar-refractivity contribution in [1.29, 1.82) is 0 Å². The Bertz CT molecular complexity index is 421. The van der Waals surface area contributed by atoms with Crippen molar-refractivity contribution < 1.29 is 4.74 Å². The summed E-state index contributed by atoms with van der Waals surface area (Å²) in [7, 11) is 4.04. The van der Waals surface area contributed by atoms with Gasteiger partial charge < -0.3 is 15.0 Å². The first kappa shape index (κ1) is 16.5. The number of nitrogens with zero attached hydrogens (tertiary/aromatic N) is 1. The van der Waals surface area contributed by atoms with Gasteiger partial charge in [0.1, 0.15) is 0 Å². The van der Waals surface area contributed by atoms with Crippen LogP contribution in [0.4, 0.5) is 0 Å². The van der Waals surface area contributed by atoms with Crippen LogP contribution < -0.4 is 5.32 Å². The van der Waals surface area contributed by atoms with Crippen molar-refractivity contribution in [3.63, 3.8) is 0 Å². The zero-order valence-corrected chi connectivity index (χ0v) is 13.8. The second-order valence-corrected chi connectivity index (χ2v) is 6.02. The maximum atomic E-state index is 5.19. The summed E-state index contributed by atoms with van der Waals surface area (Å²) in [5.74, 6) is 0. The van der Waals surface area contributed by atoms with Crippen LogP contribution in [0.5, 0.6) is 0 Å². The fourth-order valence-corrected chi connectivity index (χ4v) is 3.51. The maximum Gasteiger partial charge on any atom is 0.0480 e. The number of rotatable bonds is 7. The maximum absolute atomic E-state index is 5.19. The largest absolute Gasteiger partial charge is 0.385 e. The van der Waals surface area contributed by atoms with Gasteiger partial charge in [0.05, 0.1) is 0 Å². The molecule has 2 atom stereocenters. The standard InChI is InChI=1S/C18H30N2O/c1-4-19-18-16-11-6-5-9-15(16)10-7-12-17(18)20(2)13-8-14-21-3/h5-6,9,11,17-19H,4,7-8,10,12-14H2,1-3H3. The first-order valence-electron chi connectivity index (χ1n) is 8.28. The Hall–Kier alpha value is -0.900. The Balaban J connectivity index is 2.15. The monoisotopic (exact) mass is 290 g/mol. The molecule has 1 aliphatic rings. The van der Waals surface area contributed by atoms with Gasteiger partial charge in [-0.2, -0.15) is 0 Å². The van der Waals surface area contributed by atoms with Gasteiger partial charge in [-0.15, -0.1) is 0 Å². The van der Waals surface area contributed by atoms with E-state index in [-0.39, 0.29) is 0 Å². The van der Waals surface area contributed by atoms with E-state index in [9.17, 15) is 0 Å². The highest BCUT2D eigenvalue weighted by Gasteiger charge is 2.29. The Morgan fingerprint density at radius 3 is 2.90 bits per heavy atom. The van der Waals surface area contributed by atoms with E-state index in [1.54, 1.807) is 7.11 Å². The zero-order valence-electron chi connectivity index (χ0n) is 13.8. The van der Waals surface area contributed by atoms with E-state index in [1.165, 1.54) is 30.4 Å². The minimum absolute atomic E-state index is 0.446. The van der Waals surface area contributed by atoms with E-state index in [4.69, 9.17) is 4.74 Å². The minimum Gasteiger partial charge on any atom is -0.385 e. The van der Waals surface area contributed by atoms with Gasteiger partial charge >= 0.3 is 0 Å². The van der Waals surface area contributed by atoms with Gasteiger partial charge in [-0.25, -0.2) is 0 Å². The van der Waals surface area contributed by atoms with Crippen LogP contribution in [0.2, 0.25) is 0 Å². The molecule has 0 saturated carbocycles. The van der Waals surface area contributed by atoms with E-state index in [2.05, 4.69) is 48.5 Å². The zero-order chi connectivity index (χ0) is 15.1. The summed E-state index contributed by atoms with van der Waals surface area (Å²) in [4.78, 5) is 2.52. The molecule has 0 aliphatic heterocycles. The molecule has 1 N–H and O–H groups in total. The first-order valence-corrected chi connectivity index (χ1v) is 8.28. The lowest BCUT2D eigenvalue weighted by molar-refractivity contribution is 0.145. The summed E-state index contributed by atoms with van der Waals surface area (Å²) in [6.07, 6.45) is 4.85. The molecule has 0 radical (unpaired) electrons. The van der Waals surface area contributed by atoms with Crippen molar-refractivity contribution in [2.75, 3.05) is 33.9 Å². The molecule has 0 bridgehead atoms. The topological polar surface area (TPSA) is 24.5 Å². The second-order valence-electron chi connectivity index (χ2n) is 6.02. The molecule has 3 nitrogen and oxygen atoms in total. The molecular weight excluding hydrogens is 260 g/mol. The molecule has 0 fully saturated rings. The third kappa shape index (κ3) is 4.29.